The zero-order valence-corrected chi connectivity index (χ0v) is 15.4. The molecule has 8 nitrogen and oxygen atoms in total. The summed E-state index contributed by atoms with van der Waals surface area (Å²) in [6.45, 7) is 4.72. The number of aryl methyl sites for hydroxylation is 1. The Morgan fingerprint density at radius 2 is 1.96 bits per heavy atom. The Labute approximate surface area is 157 Å². The number of hydrogen-bond donors (Lipinski definition) is 2. The van der Waals surface area contributed by atoms with E-state index >= 15 is 0 Å². The molecular formula is C19H23N5O3. The number of allylic oxidation sites excluding steroid dienone is 2. The Hall–Kier alpha value is -3.16. The standard InChI is InChI=1S/C19H23N5O3/c1-11(20)9-15(25)14-10-22-19(23-17(14)16-4-3-12(2)27-16)24-7-5-13(6-8-24)18(21)26/h3-4,9-10,13H,5-8,20H2,1-2H3,(H2,21,26). The molecule has 4 N–H and O–H groups in total. The molecule has 1 amide bonds. The number of hydrogen-bond acceptors (Lipinski definition) is 7. The molecule has 1 aliphatic heterocycles. The highest BCUT2D eigenvalue weighted by Gasteiger charge is 2.26. The summed E-state index contributed by atoms with van der Waals surface area (Å²) in [5.41, 5.74) is 12.2. The summed E-state index contributed by atoms with van der Waals surface area (Å²) in [6.07, 6.45) is 4.15. The minimum absolute atomic E-state index is 0.119. The van der Waals surface area contributed by atoms with Crippen LogP contribution >= 0.6 is 0 Å². The highest BCUT2D eigenvalue weighted by Crippen LogP contribution is 2.28. The zero-order chi connectivity index (χ0) is 19.6. The van der Waals surface area contributed by atoms with Crippen LogP contribution in [0.3, 0.4) is 0 Å². The summed E-state index contributed by atoms with van der Waals surface area (Å²) in [6, 6.07) is 3.59. The number of ketones is 1. The van der Waals surface area contributed by atoms with E-state index in [1.54, 1.807) is 13.0 Å². The fourth-order valence-corrected chi connectivity index (χ4v) is 3.10. The van der Waals surface area contributed by atoms with Crippen LogP contribution in [0.2, 0.25) is 0 Å². The number of nitrogens with zero attached hydrogens (tertiary/aromatic N) is 3. The lowest BCUT2D eigenvalue weighted by atomic mass is 9.96. The molecule has 1 aliphatic rings. The van der Waals surface area contributed by atoms with E-state index in [0.29, 0.717) is 54.6 Å². The molecule has 0 radical (unpaired) electrons. The lowest BCUT2D eigenvalue weighted by Crippen LogP contribution is -2.39. The third kappa shape index (κ3) is 4.16. The molecule has 0 aliphatic carbocycles. The number of rotatable bonds is 5. The maximum Gasteiger partial charge on any atom is 0.226 e. The lowest BCUT2D eigenvalue weighted by Gasteiger charge is -2.30. The molecule has 0 unspecified atom stereocenters. The number of primary amides is 1. The van der Waals surface area contributed by atoms with Gasteiger partial charge >= 0.3 is 0 Å². The predicted molar refractivity (Wildman–Crippen MR) is 101 cm³/mol. The van der Waals surface area contributed by atoms with E-state index in [1.807, 2.05) is 17.9 Å². The normalized spacial score (nSPS) is 15.8. The molecule has 0 spiro atoms. The number of carbonyl (C=O) groups is 2. The highest BCUT2D eigenvalue weighted by atomic mass is 16.3. The van der Waals surface area contributed by atoms with E-state index in [0.717, 1.165) is 5.76 Å². The van der Waals surface area contributed by atoms with Crippen molar-refractivity contribution in [2.45, 2.75) is 26.7 Å². The number of furan rings is 1. The van der Waals surface area contributed by atoms with Crippen molar-refractivity contribution in [1.29, 1.82) is 0 Å². The average Bonchev–Trinajstić information content (AvgIpc) is 3.07. The number of aromatic nitrogens is 2. The van der Waals surface area contributed by atoms with Gasteiger partial charge in [0.15, 0.2) is 11.5 Å². The molecule has 2 aromatic rings. The second kappa shape index (κ2) is 7.61. The Kier molecular flexibility index (Phi) is 5.25. The van der Waals surface area contributed by atoms with Crippen molar-refractivity contribution < 1.29 is 14.0 Å². The van der Waals surface area contributed by atoms with Crippen molar-refractivity contribution in [2.24, 2.45) is 17.4 Å². The van der Waals surface area contributed by atoms with E-state index in [2.05, 4.69) is 9.97 Å². The molecule has 142 valence electrons. The van der Waals surface area contributed by atoms with E-state index in [-0.39, 0.29) is 17.6 Å². The molecule has 27 heavy (non-hydrogen) atoms. The minimum Gasteiger partial charge on any atom is -0.460 e. The van der Waals surface area contributed by atoms with Crippen LogP contribution in [0.5, 0.6) is 0 Å². The van der Waals surface area contributed by atoms with Crippen molar-refractivity contribution in [3.63, 3.8) is 0 Å². The van der Waals surface area contributed by atoms with Gasteiger partial charge in [-0.1, -0.05) is 0 Å². The van der Waals surface area contributed by atoms with Crippen molar-refractivity contribution in [3.05, 3.63) is 41.4 Å². The Balaban J connectivity index is 1.95. The Morgan fingerprint density at radius 1 is 1.26 bits per heavy atom. The predicted octanol–water partition coefficient (Wildman–Crippen LogP) is 1.79. The number of carbonyl (C=O) groups excluding carboxylic acids is 2. The molecule has 0 aromatic carbocycles. The van der Waals surface area contributed by atoms with Crippen LogP contribution in [-0.2, 0) is 4.79 Å². The first-order valence-corrected chi connectivity index (χ1v) is 8.81. The summed E-state index contributed by atoms with van der Waals surface area (Å²) < 4.78 is 5.68. The summed E-state index contributed by atoms with van der Waals surface area (Å²) in [4.78, 5) is 34.8. The summed E-state index contributed by atoms with van der Waals surface area (Å²) in [5.74, 6) is 1.04. The highest BCUT2D eigenvalue weighted by molar-refractivity contribution is 6.08. The second-order valence-electron chi connectivity index (χ2n) is 6.76. The molecule has 0 bridgehead atoms. The Morgan fingerprint density at radius 3 is 2.52 bits per heavy atom. The molecule has 0 saturated carbocycles. The van der Waals surface area contributed by atoms with Gasteiger partial charge in [0.2, 0.25) is 11.9 Å². The van der Waals surface area contributed by atoms with E-state index in [1.165, 1.54) is 12.3 Å². The lowest BCUT2D eigenvalue weighted by molar-refractivity contribution is -0.122. The minimum atomic E-state index is -0.280. The molecule has 0 atom stereocenters. The maximum atomic E-state index is 12.5. The fourth-order valence-electron chi connectivity index (χ4n) is 3.10. The van der Waals surface area contributed by atoms with Gasteiger partial charge in [-0.25, -0.2) is 9.97 Å². The van der Waals surface area contributed by atoms with Crippen LogP contribution in [0.1, 0.15) is 35.9 Å². The van der Waals surface area contributed by atoms with Crippen LogP contribution in [0.25, 0.3) is 11.5 Å². The van der Waals surface area contributed by atoms with Crippen molar-refractivity contribution in [3.8, 4) is 11.5 Å². The monoisotopic (exact) mass is 369 g/mol. The van der Waals surface area contributed by atoms with Crippen molar-refractivity contribution in [1.82, 2.24) is 9.97 Å². The Bertz CT molecular complexity index is 891. The summed E-state index contributed by atoms with van der Waals surface area (Å²) in [7, 11) is 0. The summed E-state index contributed by atoms with van der Waals surface area (Å²) in [5, 5.41) is 0. The van der Waals surface area contributed by atoms with E-state index in [4.69, 9.17) is 15.9 Å². The third-order valence-corrected chi connectivity index (χ3v) is 4.55. The molecule has 3 rings (SSSR count). The summed E-state index contributed by atoms with van der Waals surface area (Å²) >= 11 is 0. The molecule has 8 heteroatoms. The van der Waals surface area contributed by atoms with Gasteiger partial charge in [0.05, 0.1) is 5.56 Å². The van der Waals surface area contributed by atoms with Crippen LogP contribution in [0.15, 0.2) is 34.5 Å². The van der Waals surface area contributed by atoms with Crippen LogP contribution in [0.4, 0.5) is 5.95 Å². The molecule has 1 saturated heterocycles. The topological polar surface area (TPSA) is 128 Å². The second-order valence-corrected chi connectivity index (χ2v) is 6.76. The molecule has 3 heterocycles. The van der Waals surface area contributed by atoms with Gasteiger partial charge in [-0.05, 0) is 38.8 Å². The first-order valence-electron chi connectivity index (χ1n) is 8.81. The van der Waals surface area contributed by atoms with Crippen LogP contribution < -0.4 is 16.4 Å². The van der Waals surface area contributed by atoms with Gasteiger partial charge in [-0.15, -0.1) is 0 Å². The average molecular weight is 369 g/mol. The van der Waals surface area contributed by atoms with Gasteiger partial charge in [-0.3, -0.25) is 9.59 Å². The van der Waals surface area contributed by atoms with E-state index in [9.17, 15) is 9.59 Å². The first-order chi connectivity index (χ1) is 12.8. The number of piperidine rings is 1. The number of anilines is 1. The molecule has 2 aromatic heterocycles. The number of amides is 1. The smallest absolute Gasteiger partial charge is 0.226 e. The van der Waals surface area contributed by atoms with Gasteiger partial charge < -0.3 is 20.8 Å². The van der Waals surface area contributed by atoms with Gasteiger partial charge in [0.25, 0.3) is 0 Å². The largest absolute Gasteiger partial charge is 0.460 e. The first kappa shape index (κ1) is 18.6. The van der Waals surface area contributed by atoms with Gasteiger partial charge in [-0.2, -0.15) is 0 Å². The quantitative estimate of drug-likeness (QED) is 0.607. The molecule has 1 fully saturated rings. The zero-order valence-electron chi connectivity index (χ0n) is 15.4. The van der Waals surface area contributed by atoms with Gasteiger partial charge in [0, 0.05) is 37.0 Å². The van der Waals surface area contributed by atoms with Crippen molar-refractivity contribution in [2.75, 3.05) is 18.0 Å². The van der Waals surface area contributed by atoms with Gasteiger partial charge in [0.1, 0.15) is 11.5 Å². The molecular weight excluding hydrogens is 346 g/mol. The van der Waals surface area contributed by atoms with Crippen LogP contribution in [0, 0.1) is 12.8 Å². The van der Waals surface area contributed by atoms with Crippen molar-refractivity contribution >= 4 is 17.6 Å². The maximum absolute atomic E-state index is 12.5. The SMILES string of the molecule is CC(N)=CC(=O)c1cnc(N2CCC(C(N)=O)CC2)nc1-c1ccc(C)o1. The third-order valence-electron chi connectivity index (χ3n) is 4.55. The van der Waals surface area contributed by atoms with E-state index < -0.39 is 0 Å². The number of nitrogens with two attached hydrogens (primary N) is 2. The fraction of sp³-hybridized carbons (Fsp3) is 0.368. The van der Waals surface area contributed by atoms with Crippen LogP contribution in [-0.4, -0.2) is 34.7 Å².